The Morgan fingerprint density at radius 2 is 2.04 bits per heavy atom. The van der Waals surface area contributed by atoms with E-state index in [9.17, 15) is 18.5 Å². The molecule has 2 aromatic rings. The summed E-state index contributed by atoms with van der Waals surface area (Å²) < 4.78 is 31.5. The minimum atomic E-state index is -4.39. The third kappa shape index (κ3) is 6.19. The van der Waals surface area contributed by atoms with E-state index in [4.69, 9.17) is 4.55 Å². The molecular formula is C19H20N4O4S. The second kappa shape index (κ2) is 9.64. The fourth-order valence-corrected chi connectivity index (χ4v) is 2.92. The number of likely N-dealkylation sites (N-methyl/N-ethyl adjacent to an activating group) is 1. The van der Waals surface area contributed by atoms with Gasteiger partial charge in [-0.1, -0.05) is 6.07 Å². The number of benzene rings is 1. The number of nitrogens with zero attached hydrogens (tertiary/aromatic N) is 3. The summed E-state index contributed by atoms with van der Waals surface area (Å²) in [5.41, 5.74) is 1.13. The Morgan fingerprint density at radius 1 is 1.32 bits per heavy atom. The predicted octanol–water partition coefficient (Wildman–Crippen LogP) is 2.24. The van der Waals surface area contributed by atoms with Gasteiger partial charge in [0.1, 0.15) is 11.6 Å². The van der Waals surface area contributed by atoms with Crippen LogP contribution in [0.3, 0.4) is 0 Å². The summed E-state index contributed by atoms with van der Waals surface area (Å²) in [6.07, 6.45) is 5.61. The van der Waals surface area contributed by atoms with Gasteiger partial charge in [0, 0.05) is 37.4 Å². The average Bonchev–Trinajstić information content (AvgIpc) is 2.68. The van der Waals surface area contributed by atoms with E-state index >= 15 is 0 Å². The van der Waals surface area contributed by atoms with Gasteiger partial charge >= 0.3 is 0 Å². The highest BCUT2D eigenvalue weighted by Gasteiger charge is 2.14. The number of aromatic nitrogens is 1. The van der Waals surface area contributed by atoms with E-state index in [1.165, 1.54) is 24.4 Å². The number of carbonyl (C=O) groups excluding carboxylic acids is 1. The van der Waals surface area contributed by atoms with E-state index in [1.54, 1.807) is 12.4 Å². The van der Waals surface area contributed by atoms with Gasteiger partial charge in [0.15, 0.2) is 0 Å². The molecule has 28 heavy (non-hydrogen) atoms. The van der Waals surface area contributed by atoms with Crippen molar-refractivity contribution in [2.24, 2.45) is 0 Å². The van der Waals surface area contributed by atoms with E-state index in [0.29, 0.717) is 13.1 Å². The third-order valence-corrected chi connectivity index (χ3v) is 4.76. The van der Waals surface area contributed by atoms with E-state index in [2.05, 4.69) is 10.3 Å². The molecule has 0 fully saturated rings. The molecule has 2 rings (SSSR count). The maximum absolute atomic E-state index is 12.4. The Morgan fingerprint density at radius 3 is 2.64 bits per heavy atom. The van der Waals surface area contributed by atoms with Gasteiger partial charge in [-0.3, -0.25) is 14.3 Å². The summed E-state index contributed by atoms with van der Waals surface area (Å²) in [6, 6.07) is 10.8. The fourth-order valence-electron chi connectivity index (χ4n) is 2.39. The average molecular weight is 400 g/mol. The molecule has 0 saturated carbocycles. The van der Waals surface area contributed by atoms with Crippen molar-refractivity contribution >= 4 is 21.7 Å². The van der Waals surface area contributed by atoms with Crippen LogP contribution < -0.4 is 5.32 Å². The topological polar surface area (TPSA) is 123 Å². The van der Waals surface area contributed by atoms with Crippen molar-refractivity contribution in [3.05, 3.63) is 66.1 Å². The summed E-state index contributed by atoms with van der Waals surface area (Å²) in [5.74, 6) is -0.669. The molecule has 0 saturated heterocycles. The molecule has 0 spiro atoms. The minimum Gasteiger partial charge on any atom is -0.376 e. The van der Waals surface area contributed by atoms with Gasteiger partial charge in [0.05, 0.1) is 4.90 Å². The SMILES string of the molecule is CCN(/C=C(/C#N)C(=O)Nc1cccc(S(=O)(=O)O)c1)CCc1ccncc1. The van der Waals surface area contributed by atoms with Crippen molar-refractivity contribution in [1.82, 2.24) is 9.88 Å². The number of nitriles is 1. The molecule has 146 valence electrons. The first-order valence-corrected chi connectivity index (χ1v) is 9.91. The molecule has 0 unspecified atom stereocenters. The highest BCUT2D eigenvalue weighted by atomic mass is 32.2. The molecule has 1 aromatic carbocycles. The minimum absolute atomic E-state index is 0.117. The lowest BCUT2D eigenvalue weighted by atomic mass is 10.2. The summed E-state index contributed by atoms with van der Waals surface area (Å²) in [6.45, 7) is 3.12. The van der Waals surface area contributed by atoms with Crippen LogP contribution in [0.15, 0.2) is 65.5 Å². The molecule has 8 nitrogen and oxygen atoms in total. The van der Waals surface area contributed by atoms with Gasteiger partial charge < -0.3 is 10.2 Å². The largest absolute Gasteiger partial charge is 0.376 e. The fraction of sp³-hybridized carbons (Fsp3) is 0.211. The lowest BCUT2D eigenvalue weighted by Crippen LogP contribution is -2.23. The summed E-state index contributed by atoms with van der Waals surface area (Å²) >= 11 is 0. The number of nitrogens with one attached hydrogen (secondary N) is 1. The smallest absolute Gasteiger partial charge is 0.294 e. The van der Waals surface area contributed by atoms with Crippen LogP contribution in [-0.2, 0) is 21.3 Å². The normalized spacial score (nSPS) is 11.5. The Bertz CT molecular complexity index is 998. The maximum Gasteiger partial charge on any atom is 0.294 e. The van der Waals surface area contributed by atoms with Gasteiger partial charge in [0.2, 0.25) is 0 Å². The summed E-state index contributed by atoms with van der Waals surface area (Å²) in [7, 11) is -4.39. The second-order valence-corrected chi connectivity index (χ2v) is 7.27. The van der Waals surface area contributed by atoms with Crippen molar-refractivity contribution in [2.45, 2.75) is 18.2 Å². The lowest BCUT2D eigenvalue weighted by Gasteiger charge is -2.18. The molecule has 0 bridgehead atoms. The molecule has 1 aromatic heterocycles. The summed E-state index contributed by atoms with van der Waals surface area (Å²) in [4.78, 5) is 17.8. The highest BCUT2D eigenvalue weighted by molar-refractivity contribution is 7.85. The van der Waals surface area contributed by atoms with E-state index < -0.39 is 16.0 Å². The molecule has 0 aliphatic heterocycles. The van der Waals surface area contributed by atoms with Crippen molar-refractivity contribution in [3.63, 3.8) is 0 Å². The number of amides is 1. The van der Waals surface area contributed by atoms with E-state index in [1.807, 2.05) is 30.0 Å². The number of pyridine rings is 1. The molecule has 2 N–H and O–H groups in total. The van der Waals surface area contributed by atoms with Crippen LogP contribution in [0.2, 0.25) is 0 Å². The molecule has 0 atom stereocenters. The van der Waals surface area contributed by atoms with Crippen LogP contribution >= 0.6 is 0 Å². The van der Waals surface area contributed by atoms with Crippen LogP contribution in [0, 0.1) is 11.3 Å². The van der Waals surface area contributed by atoms with Crippen LogP contribution in [0.1, 0.15) is 12.5 Å². The molecule has 9 heteroatoms. The maximum atomic E-state index is 12.4. The molecule has 1 amide bonds. The third-order valence-electron chi connectivity index (χ3n) is 3.91. The Hall–Kier alpha value is -3.22. The zero-order valence-electron chi connectivity index (χ0n) is 15.2. The number of rotatable bonds is 8. The lowest BCUT2D eigenvalue weighted by molar-refractivity contribution is -0.112. The van der Waals surface area contributed by atoms with Crippen LogP contribution in [-0.4, -0.2) is 41.9 Å². The van der Waals surface area contributed by atoms with Gasteiger partial charge in [-0.05, 0) is 49.2 Å². The first-order valence-electron chi connectivity index (χ1n) is 8.47. The molecular weight excluding hydrogens is 380 g/mol. The number of hydrogen-bond acceptors (Lipinski definition) is 6. The highest BCUT2D eigenvalue weighted by Crippen LogP contribution is 2.16. The number of carbonyl (C=O) groups is 1. The number of hydrogen-bond donors (Lipinski definition) is 2. The molecule has 0 aliphatic carbocycles. The quantitative estimate of drug-likeness (QED) is 0.396. The first-order chi connectivity index (χ1) is 13.3. The zero-order valence-corrected chi connectivity index (χ0v) is 16.1. The monoisotopic (exact) mass is 400 g/mol. The van der Waals surface area contributed by atoms with Crippen molar-refractivity contribution < 1.29 is 17.8 Å². The van der Waals surface area contributed by atoms with Crippen molar-refractivity contribution in [1.29, 1.82) is 5.26 Å². The first kappa shape index (κ1) is 21.1. The molecule has 0 aliphatic rings. The molecule has 0 radical (unpaired) electrons. The Balaban J connectivity index is 2.10. The second-order valence-electron chi connectivity index (χ2n) is 5.85. The standard InChI is InChI=1S/C19H20N4O4S/c1-2-23(11-8-15-6-9-21-10-7-15)14-16(13-20)19(24)22-17-4-3-5-18(12-17)28(25,26)27/h3-7,9-10,12,14H,2,8,11H2,1H3,(H,22,24)(H,25,26,27)/b16-14-. The van der Waals surface area contributed by atoms with Gasteiger partial charge in [0.25, 0.3) is 16.0 Å². The van der Waals surface area contributed by atoms with Gasteiger partial charge in [-0.15, -0.1) is 0 Å². The van der Waals surface area contributed by atoms with Gasteiger partial charge in [-0.2, -0.15) is 13.7 Å². The van der Waals surface area contributed by atoms with Gasteiger partial charge in [-0.25, -0.2) is 0 Å². The predicted molar refractivity (Wildman–Crippen MR) is 104 cm³/mol. The van der Waals surface area contributed by atoms with Crippen LogP contribution in [0.4, 0.5) is 5.69 Å². The van der Waals surface area contributed by atoms with Crippen LogP contribution in [0.5, 0.6) is 0 Å². The van der Waals surface area contributed by atoms with Crippen molar-refractivity contribution in [3.8, 4) is 6.07 Å². The zero-order chi connectivity index (χ0) is 20.6. The van der Waals surface area contributed by atoms with Crippen molar-refractivity contribution in [2.75, 3.05) is 18.4 Å². The summed E-state index contributed by atoms with van der Waals surface area (Å²) in [5, 5.41) is 11.8. The van der Waals surface area contributed by atoms with E-state index in [-0.39, 0.29) is 16.2 Å². The molecule has 1 heterocycles. The van der Waals surface area contributed by atoms with Crippen LogP contribution in [0.25, 0.3) is 0 Å². The Labute approximate surface area is 163 Å². The Kier molecular flexibility index (Phi) is 7.26. The van der Waals surface area contributed by atoms with E-state index in [0.717, 1.165) is 18.1 Å². The number of anilines is 1.